The van der Waals surface area contributed by atoms with Crippen molar-refractivity contribution in [2.24, 2.45) is 0 Å². The highest BCUT2D eigenvalue weighted by Crippen LogP contribution is 2.36. The zero-order valence-electron chi connectivity index (χ0n) is 15.6. The highest BCUT2D eigenvalue weighted by atomic mass is 79.9. The van der Waals surface area contributed by atoms with E-state index in [0.717, 1.165) is 4.47 Å². The van der Waals surface area contributed by atoms with Crippen LogP contribution in [0.2, 0.25) is 0 Å². The number of esters is 1. The average Bonchev–Trinajstić information content (AvgIpc) is 3.03. The smallest absolute Gasteiger partial charge is 0.343 e. The van der Waals surface area contributed by atoms with Crippen LogP contribution in [0.1, 0.15) is 26.3 Å². The number of fused-ring (bicyclic) bond motifs is 1. The number of carbonyl (C=O) groups excluding carboxylic acids is 2. The topological polar surface area (TPSA) is 61.8 Å². The van der Waals surface area contributed by atoms with Crippen LogP contribution in [0.15, 0.2) is 70.9 Å². The van der Waals surface area contributed by atoms with Crippen molar-refractivity contribution < 1.29 is 28.2 Å². The lowest BCUT2D eigenvalue weighted by Gasteiger charge is -2.06. The summed E-state index contributed by atoms with van der Waals surface area (Å²) in [5.41, 5.74) is 1.24. The number of methoxy groups -OCH3 is 1. The van der Waals surface area contributed by atoms with Crippen LogP contribution in [-0.2, 0) is 0 Å². The molecule has 3 aromatic carbocycles. The van der Waals surface area contributed by atoms with E-state index in [1.807, 2.05) is 6.07 Å². The van der Waals surface area contributed by atoms with Crippen LogP contribution in [0.25, 0.3) is 6.08 Å². The Bertz CT molecular complexity index is 1180. The molecular weight excluding hydrogens is 455 g/mol. The van der Waals surface area contributed by atoms with E-state index in [2.05, 4.69) is 15.9 Å². The summed E-state index contributed by atoms with van der Waals surface area (Å²) in [4.78, 5) is 24.9. The zero-order valence-corrected chi connectivity index (χ0v) is 17.2. The quantitative estimate of drug-likeness (QED) is 0.290. The van der Waals surface area contributed by atoms with E-state index in [1.54, 1.807) is 25.3 Å². The number of allylic oxidation sites excluding steroid dienone is 1. The second-order valence-corrected chi connectivity index (χ2v) is 7.30. The van der Waals surface area contributed by atoms with Gasteiger partial charge in [-0.3, -0.25) is 4.79 Å². The molecule has 1 aliphatic rings. The second kappa shape index (κ2) is 8.12. The van der Waals surface area contributed by atoms with Crippen LogP contribution in [0, 0.1) is 5.82 Å². The summed E-state index contributed by atoms with van der Waals surface area (Å²) in [6.07, 6.45) is 1.59. The predicted octanol–water partition coefficient (Wildman–Crippen LogP) is 5.43. The number of Topliss-reactive ketones (excluding diaryl/α,β-unsaturated/α-hetero) is 1. The number of rotatable bonds is 4. The summed E-state index contributed by atoms with van der Waals surface area (Å²) in [6, 6.07) is 14.9. The van der Waals surface area contributed by atoms with E-state index in [-0.39, 0.29) is 28.6 Å². The Morgan fingerprint density at radius 3 is 2.57 bits per heavy atom. The van der Waals surface area contributed by atoms with Gasteiger partial charge in [-0.1, -0.05) is 15.9 Å². The van der Waals surface area contributed by atoms with Gasteiger partial charge in [-0.25, -0.2) is 9.18 Å². The Morgan fingerprint density at radius 1 is 1.07 bits per heavy atom. The number of ether oxygens (including phenoxy) is 3. The standard InChI is InChI=1S/C23H14BrFO5/c1-28-19-9-4-15(24)10-14(19)11-21-22(26)18-8-7-17(12-20(18)30-21)29-23(27)13-2-5-16(25)6-3-13/h2-12H,1H3/b21-11-. The van der Waals surface area contributed by atoms with Gasteiger partial charge in [0, 0.05) is 16.1 Å². The number of carbonyl (C=O) groups is 2. The van der Waals surface area contributed by atoms with Gasteiger partial charge in [-0.15, -0.1) is 0 Å². The van der Waals surface area contributed by atoms with E-state index in [0.29, 0.717) is 16.9 Å². The maximum Gasteiger partial charge on any atom is 0.343 e. The predicted molar refractivity (Wildman–Crippen MR) is 111 cm³/mol. The third-order valence-corrected chi connectivity index (χ3v) is 4.90. The summed E-state index contributed by atoms with van der Waals surface area (Å²) >= 11 is 3.39. The first-order valence-electron chi connectivity index (χ1n) is 8.84. The summed E-state index contributed by atoms with van der Waals surface area (Å²) in [5.74, 6) is -0.174. The average molecular weight is 469 g/mol. The minimum Gasteiger partial charge on any atom is -0.496 e. The SMILES string of the molecule is COc1ccc(Br)cc1/C=C1\Oc2cc(OC(=O)c3ccc(F)cc3)ccc2C1=O. The third kappa shape index (κ3) is 3.97. The molecule has 5 nitrogen and oxygen atoms in total. The van der Waals surface area contributed by atoms with Gasteiger partial charge in [0.15, 0.2) is 5.76 Å². The summed E-state index contributed by atoms with van der Waals surface area (Å²) in [5, 5.41) is 0. The van der Waals surface area contributed by atoms with Crippen LogP contribution in [-0.4, -0.2) is 18.9 Å². The molecule has 150 valence electrons. The molecule has 7 heteroatoms. The highest BCUT2D eigenvalue weighted by molar-refractivity contribution is 9.10. The Kier molecular flexibility index (Phi) is 5.37. The van der Waals surface area contributed by atoms with Crippen molar-refractivity contribution in [3.63, 3.8) is 0 Å². The van der Waals surface area contributed by atoms with Crippen molar-refractivity contribution in [3.05, 3.63) is 93.4 Å². The molecule has 0 atom stereocenters. The van der Waals surface area contributed by atoms with Gasteiger partial charge < -0.3 is 14.2 Å². The maximum absolute atomic E-state index is 13.0. The van der Waals surface area contributed by atoms with Gasteiger partial charge in [0.2, 0.25) is 5.78 Å². The molecule has 0 fully saturated rings. The monoisotopic (exact) mass is 468 g/mol. The molecule has 0 bridgehead atoms. The summed E-state index contributed by atoms with van der Waals surface area (Å²) in [7, 11) is 1.54. The van der Waals surface area contributed by atoms with Gasteiger partial charge >= 0.3 is 5.97 Å². The largest absolute Gasteiger partial charge is 0.496 e. The lowest BCUT2D eigenvalue weighted by molar-refractivity contribution is 0.0734. The molecule has 0 unspecified atom stereocenters. The lowest BCUT2D eigenvalue weighted by atomic mass is 10.1. The Morgan fingerprint density at radius 2 is 1.83 bits per heavy atom. The van der Waals surface area contributed by atoms with Crippen LogP contribution in [0.3, 0.4) is 0 Å². The lowest BCUT2D eigenvalue weighted by Crippen LogP contribution is -2.08. The Balaban J connectivity index is 1.58. The van der Waals surface area contributed by atoms with E-state index in [4.69, 9.17) is 14.2 Å². The fourth-order valence-electron chi connectivity index (χ4n) is 2.94. The molecule has 0 saturated carbocycles. The molecule has 1 heterocycles. The van der Waals surface area contributed by atoms with E-state index < -0.39 is 11.8 Å². The molecule has 1 aliphatic heterocycles. The van der Waals surface area contributed by atoms with Crippen molar-refractivity contribution in [1.82, 2.24) is 0 Å². The highest BCUT2D eigenvalue weighted by Gasteiger charge is 2.28. The number of ketones is 1. The molecule has 0 spiro atoms. The van der Waals surface area contributed by atoms with Crippen molar-refractivity contribution in [3.8, 4) is 17.2 Å². The van der Waals surface area contributed by atoms with E-state index in [1.165, 1.54) is 42.5 Å². The van der Waals surface area contributed by atoms with Gasteiger partial charge in [-0.2, -0.15) is 0 Å². The molecule has 30 heavy (non-hydrogen) atoms. The number of hydrogen-bond donors (Lipinski definition) is 0. The van der Waals surface area contributed by atoms with Crippen molar-refractivity contribution in [1.29, 1.82) is 0 Å². The first kappa shape index (κ1) is 19.8. The van der Waals surface area contributed by atoms with Crippen LogP contribution in [0.5, 0.6) is 17.2 Å². The fraction of sp³-hybridized carbons (Fsp3) is 0.0435. The van der Waals surface area contributed by atoms with Gasteiger partial charge in [0.05, 0.1) is 18.2 Å². The minimum absolute atomic E-state index is 0.128. The van der Waals surface area contributed by atoms with E-state index in [9.17, 15) is 14.0 Å². The van der Waals surface area contributed by atoms with Gasteiger partial charge in [-0.05, 0) is 60.7 Å². The van der Waals surface area contributed by atoms with Gasteiger partial charge in [0.1, 0.15) is 23.1 Å². The molecule has 0 N–H and O–H groups in total. The molecular formula is C23H14BrFO5. The molecule has 3 aromatic rings. The zero-order chi connectivity index (χ0) is 21.3. The fourth-order valence-corrected chi connectivity index (χ4v) is 3.32. The molecule has 0 amide bonds. The van der Waals surface area contributed by atoms with Crippen LogP contribution in [0.4, 0.5) is 4.39 Å². The first-order chi connectivity index (χ1) is 14.4. The number of benzene rings is 3. The van der Waals surface area contributed by atoms with Crippen molar-refractivity contribution in [2.45, 2.75) is 0 Å². The van der Waals surface area contributed by atoms with Crippen molar-refractivity contribution in [2.75, 3.05) is 7.11 Å². The van der Waals surface area contributed by atoms with E-state index >= 15 is 0 Å². The Labute approximate surface area is 179 Å². The molecule has 0 aromatic heterocycles. The summed E-state index contributed by atoms with van der Waals surface area (Å²) in [6.45, 7) is 0. The third-order valence-electron chi connectivity index (χ3n) is 4.41. The first-order valence-corrected chi connectivity index (χ1v) is 9.63. The van der Waals surface area contributed by atoms with Crippen molar-refractivity contribution >= 4 is 33.8 Å². The maximum atomic E-state index is 13.0. The van der Waals surface area contributed by atoms with Crippen LogP contribution >= 0.6 is 15.9 Å². The van der Waals surface area contributed by atoms with Crippen LogP contribution < -0.4 is 14.2 Å². The molecule has 0 aliphatic carbocycles. The number of hydrogen-bond acceptors (Lipinski definition) is 5. The minimum atomic E-state index is -0.645. The molecule has 0 saturated heterocycles. The normalized spacial score (nSPS) is 13.7. The summed E-state index contributed by atoms with van der Waals surface area (Å²) < 4.78 is 30.2. The second-order valence-electron chi connectivity index (χ2n) is 6.38. The molecule has 0 radical (unpaired) electrons. The Hall–Kier alpha value is -3.45. The molecule has 4 rings (SSSR count). The van der Waals surface area contributed by atoms with Gasteiger partial charge in [0.25, 0.3) is 0 Å². The number of halogens is 2.